The average molecular weight is 253 g/mol. The van der Waals surface area contributed by atoms with Gasteiger partial charge in [0.1, 0.15) is 12.0 Å². The van der Waals surface area contributed by atoms with Gasteiger partial charge in [0.15, 0.2) is 0 Å². The van der Waals surface area contributed by atoms with E-state index in [1.54, 1.807) is 6.26 Å². The van der Waals surface area contributed by atoms with Crippen LogP contribution in [0.25, 0.3) is 22.7 Å². The smallest absolute Gasteiger partial charge is 0.228 e. The van der Waals surface area contributed by atoms with Gasteiger partial charge in [-0.05, 0) is 12.1 Å². The summed E-state index contributed by atoms with van der Waals surface area (Å²) in [5.74, 6) is 0.548. The van der Waals surface area contributed by atoms with Crippen molar-refractivity contribution in [3.05, 3.63) is 60.9 Å². The number of oxazole rings is 1. The Hall–Kier alpha value is -2.59. The minimum Gasteiger partial charge on any atom is -0.444 e. The number of hydrogen-bond donors (Lipinski definition) is 2. The Balaban J connectivity index is 0.00000133. The van der Waals surface area contributed by atoms with E-state index in [0.29, 0.717) is 11.6 Å². The zero-order chi connectivity index (χ0) is 12.4. The fraction of sp³-hybridized carbons (Fsp3) is 0. The molecule has 0 aliphatic heterocycles. The van der Waals surface area contributed by atoms with Crippen LogP contribution in [0.1, 0.15) is 0 Å². The van der Waals surface area contributed by atoms with Crippen molar-refractivity contribution >= 4 is 5.69 Å². The van der Waals surface area contributed by atoms with E-state index in [-0.39, 0.29) is 6.15 Å². The van der Waals surface area contributed by atoms with Crippen molar-refractivity contribution in [1.82, 2.24) is 11.1 Å². The molecule has 0 spiro atoms. The van der Waals surface area contributed by atoms with Crippen LogP contribution in [0.2, 0.25) is 0 Å². The molecule has 19 heavy (non-hydrogen) atoms. The third kappa shape index (κ3) is 2.48. The van der Waals surface area contributed by atoms with E-state index < -0.39 is 0 Å². The van der Waals surface area contributed by atoms with Gasteiger partial charge in [0.2, 0.25) is 5.89 Å². The van der Waals surface area contributed by atoms with Crippen LogP contribution < -0.4 is 11.9 Å². The van der Waals surface area contributed by atoms with Crippen LogP contribution in [-0.2, 0) is 0 Å². The molecule has 4 nitrogen and oxygen atoms in total. The number of benzene rings is 2. The predicted molar refractivity (Wildman–Crippen MR) is 76.8 cm³/mol. The lowest BCUT2D eigenvalue weighted by Gasteiger charge is -1.99. The van der Waals surface area contributed by atoms with E-state index in [4.69, 9.17) is 10.2 Å². The first-order chi connectivity index (χ1) is 8.84. The maximum atomic E-state index is 5.90. The molecule has 0 saturated carbocycles. The maximum absolute atomic E-state index is 5.90. The van der Waals surface area contributed by atoms with Crippen molar-refractivity contribution in [2.24, 2.45) is 0 Å². The molecule has 0 bridgehead atoms. The zero-order valence-electron chi connectivity index (χ0n) is 10.4. The Labute approximate surface area is 111 Å². The molecular weight excluding hydrogens is 238 g/mol. The van der Waals surface area contributed by atoms with Gasteiger partial charge in [0, 0.05) is 11.3 Å². The van der Waals surface area contributed by atoms with Crippen molar-refractivity contribution in [2.75, 3.05) is 5.73 Å². The Morgan fingerprint density at radius 1 is 0.895 bits per heavy atom. The van der Waals surface area contributed by atoms with E-state index in [1.807, 2.05) is 54.6 Å². The fourth-order valence-electron chi connectivity index (χ4n) is 1.83. The molecule has 0 aliphatic rings. The first kappa shape index (κ1) is 12.9. The Kier molecular flexibility index (Phi) is 3.63. The summed E-state index contributed by atoms with van der Waals surface area (Å²) in [5.41, 5.74) is 9.23. The van der Waals surface area contributed by atoms with Gasteiger partial charge in [0.25, 0.3) is 0 Å². The second-order valence-corrected chi connectivity index (χ2v) is 3.99. The molecule has 0 radical (unpaired) electrons. The molecule has 1 heterocycles. The molecule has 0 amide bonds. The molecule has 0 aliphatic carbocycles. The second-order valence-electron chi connectivity index (χ2n) is 3.99. The standard InChI is InChI=1S/C15H12N2O.H3N/c16-13-9-5-4-8-12(13)15-17-14(10-18-15)11-6-2-1-3-7-11;/h1-10H,16H2;1H3. The minimum atomic E-state index is 0. The number of nitrogen functional groups attached to an aromatic ring is 1. The summed E-state index contributed by atoms with van der Waals surface area (Å²) in [6.45, 7) is 0. The average Bonchev–Trinajstić information content (AvgIpc) is 2.90. The summed E-state index contributed by atoms with van der Waals surface area (Å²) >= 11 is 0. The maximum Gasteiger partial charge on any atom is 0.228 e. The lowest BCUT2D eigenvalue weighted by Crippen LogP contribution is -1.89. The van der Waals surface area contributed by atoms with Crippen molar-refractivity contribution in [1.29, 1.82) is 0 Å². The van der Waals surface area contributed by atoms with Crippen molar-refractivity contribution in [3.8, 4) is 22.7 Å². The third-order valence-corrected chi connectivity index (χ3v) is 2.76. The molecular formula is C15H15N3O. The molecule has 3 aromatic rings. The molecule has 3 rings (SSSR count). The number of nitrogens with two attached hydrogens (primary N) is 1. The second kappa shape index (κ2) is 5.37. The van der Waals surface area contributed by atoms with Gasteiger partial charge in [-0.15, -0.1) is 0 Å². The molecule has 0 saturated heterocycles. The van der Waals surface area contributed by atoms with Crippen molar-refractivity contribution in [3.63, 3.8) is 0 Å². The molecule has 96 valence electrons. The molecule has 0 unspecified atom stereocenters. The normalized spacial score (nSPS) is 9.89. The van der Waals surface area contributed by atoms with Crippen LogP contribution in [0.3, 0.4) is 0 Å². The van der Waals surface area contributed by atoms with Gasteiger partial charge in [-0.3, -0.25) is 0 Å². The first-order valence-electron chi connectivity index (χ1n) is 5.70. The van der Waals surface area contributed by atoms with Crippen LogP contribution in [0.5, 0.6) is 0 Å². The first-order valence-corrected chi connectivity index (χ1v) is 5.70. The van der Waals surface area contributed by atoms with Crippen LogP contribution in [0, 0.1) is 0 Å². The number of hydrogen-bond acceptors (Lipinski definition) is 4. The van der Waals surface area contributed by atoms with E-state index in [1.165, 1.54) is 0 Å². The monoisotopic (exact) mass is 253 g/mol. The van der Waals surface area contributed by atoms with Crippen LogP contribution in [-0.4, -0.2) is 4.98 Å². The predicted octanol–water partition coefficient (Wildman–Crippen LogP) is 3.75. The highest BCUT2D eigenvalue weighted by molar-refractivity contribution is 5.72. The van der Waals surface area contributed by atoms with Gasteiger partial charge in [-0.2, -0.15) is 0 Å². The van der Waals surface area contributed by atoms with Gasteiger partial charge >= 0.3 is 0 Å². The van der Waals surface area contributed by atoms with E-state index >= 15 is 0 Å². The fourth-order valence-corrected chi connectivity index (χ4v) is 1.83. The topological polar surface area (TPSA) is 87.0 Å². The molecule has 0 atom stereocenters. The highest BCUT2D eigenvalue weighted by Crippen LogP contribution is 2.27. The van der Waals surface area contributed by atoms with Gasteiger partial charge in [-0.25, -0.2) is 4.98 Å². The number of aromatic nitrogens is 1. The van der Waals surface area contributed by atoms with Crippen molar-refractivity contribution in [2.45, 2.75) is 0 Å². The summed E-state index contributed by atoms with van der Waals surface area (Å²) in [4.78, 5) is 4.46. The summed E-state index contributed by atoms with van der Waals surface area (Å²) in [5, 5.41) is 0. The highest BCUT2D eigenvalue weighted by Gasteiger charge is 2.10. The Bertz CT molecular complexity index is 662. The van der Waals surface area contributed by atoms with Gasteiger partial charge in [0.05, 0.1) is 5.56 Å². The number of anilines is 1. The number of rotatable bonds is 2. The summed E-state index contributed by atoms with van der Waals surface area (Å²) in [6.07, 6.45) is 1.65. The van der Waals surface area contributed by atoms with Crippen LogP contribution in [0.15, 0.2) is 65.3 Å². The minimum absolute atomic E-state index is 0. The Morgan fingerprint density at radius 2 is 1.58 bits per heavy atom. The quantitative estimate of drug-likeness (QED) is 0.681. The van der Waals surface area contributed by atoms with Crippen molar-refractivity contribution < 1.29 is 4.42 Å². The van der Waals surface area contributed by atoms with Crippen LogP contribution in [0.4, 0.5) is 5.69 Å². The molecule has 1 aromatic heterocycles. The summed E-state index contributed by atoms with van der Waals surface area (Å²) in [7, 11) is 0. The summed E-state index contributed by atoms with van der Waals surface area (Å²) in [6, 6.07) is 17.4. The number of nitrogens with zero attached hydrogens (tertiary/aromatic N) is 1. The van der Waals surface area contributed by atoms with Gasteiger partial charge < -0.3 is 16.3 Å². The van der Waals surface area contributed by atoms with Gasteiger partial charge in [-0.1, -0.05) is 42.5 Å². The largest absolute Gasteiger partial charge is 0.444 e. The highest BCUT2D eigenvalue weighted by atomic mass is 16.3. The SMILES string of the molecule is N.Nc1ccccc1-c1nc(-c2ccccc2)co1. The summed E-state index contributed by atoms with van der Waals surface area (Å²) < 4.78 is 5.49. The molecule has 2 aromatic carbocycles. The lowest BCUT2D eigenvalue weighted by molar-refractivity contribution is 0.575. The molecule has 4 heteroatoms. The van der Waals surface area contributed by atoms with E-state index in [2.05, 4.69) is 4.98 Å². The molecule has 0 fully saturated rings. The van der Waals surface area contributed by atoms with E-state index in [0.717, 1.165) is 16.8 Å². The molecule has 5 N–H and O–H groups in total. The Morgan fingerprint density at radius 3 is 2.32 bits per heavy atom. The third-order valence-electron chi connectivity index (χ3n) is 2.76. The lowest BCUT2D eigenvalue weighted by atomic mass is 10.1. The number of para-hydroxylation sites is 1. The van der Waals surface area contributed by atoms with E-state index in [9.17, 15) is 0 Å². The van der Waals surface area contributed by atoms with Crippen LogP contribution >= 0.6 is 0 Å². The zero-order valence-corrected chi connectivity index (χ0v) is 10.4.